The SMILES string of the molecule is COc1cccc(C(=O)N2CCN(C(=O)c3ccccc3I)CC2)c1OC. The van der Waals surface area contributed by atoms with Gasteiger partial charge in [-0.2, -0.15) is 0 Å². The average molecular weight is 480 g/mol. The fourth-order valence-corrected chi connectivity index (χ4v) is 3.76. The number of nitrogens with zero attached hydrogens (tertiary/aromatic N) is 2. The number of amides is 2. The lowest BCUT2D eigenvalue weighted by Crippen LogP contribution is -2.50. The number of piperazine rings is 1. The Labute approximate surface area is 172 Å². The van der Waals surface area contributed by atoms with E-state index in [0.29, 0.717) is 48.8 Å². The van der Waals surface area contributed by atoms with Gasteiger partial charge < -0.3 is 19.3 Å². The quantitative estimate of drug-likeness (QED) is 0.632. The van der Waals surface area contributed by atoms with Crippen molar-refractivity contribution < 1.29 is 19.1 Å². The molecule has 1 aliphatic heterocycles. The first-order valence-electron chi connectivity index (χ1n) is 8.61. The summed E-state index contributed by atoms with van der Waals surface area (Å²) < 4.78 is 11.6. The highest BCUT2D eigenvalue weighted by atomic mass is 127. The summed E-state index contributed by atoms with van der Waals surface area (Å²) in [5.74, 6) is 0.844. The first-order chi connectivity index (χ1) is 13.1. The lowest BCUT2D eigenvalue weighted by Gasteiger charge is -2.35. The van der Waals surface area contributed by atoms with Crippen LogP contribution in [0.25, 0.3) is 0 Å². The van der Waals surface area contributed by atoms with Gasteiger partial charge in [0.25, 0.3) is 11.8 Å². The van der Waals surface area contributed by atoms with E-state index in [9.17, 15) is 9.59 Å². The van der Waals surface area contributed by atoms with Gasteiger partial charge in [0.1, 0.15) is 0 Å². The molecule has 0 aromatic heterocycles. The summed E-state index contributed by atoms with van der Waals surface area (Å²) in [6, 6.07) is 12.8. The van der Waals surface area contributed by atoms with Crippen LogP contribution in [0, 0.1) is 3.57 Å². The second kappa shape index (κ2) is 8.60. The Kier molecular flexibility index (Phi) is 6.20. The number of hydrogen-bond donors (Lipinski definition) is 0. The minimum absolute atomic E-state index is 0.00561. The first kappa shape index (κ1) is 19.5. The van der Waals surface area contributed by atoms with Gasteiger partial charge in [-0.1, -0.05) is 18.2 Å². The molecule has 0 radical (unpaired) electrons. The smallest absolute Gasteiger partial charge is 0.257 e. The molecule has 0 bridgehead atoms. The van der Waals surface area contributed by atoms with Gasteiger partial charge in [-0.3, -0.25) is 9.59 Å². The number of methoxy groups -OCH3 is 2. The van der Waals surface area contributed by atoms with Crippen molar-refractivity contribution in [3.8, 4) is 11.5 Å². The van der Waals surface area contributed by atoms with Crippen LogP contribution in [0.15, 0.2) is 42.5 Å². The van der Waals surface area contributed by atoms with E-state index in [0.717, 1.165) is 3.57 Å². The third-order valence-electron chi connectivity index (χ3n) is 4.59. The van der Waals surface area contributed by atoms with E-state index in [4.69, 9.17) is 9.47 Å². The van der Waals surface area contributed by atoms with Crippen molar-refractivity contribution in [1.82, 2.24) is 9.80 Å². The first-order valence-corrected chi connectivity index (χ1v) is 9.68. The average Bonchev–Trinajstić information content (AvgIpc) is 2.72. The number of benzene rings is 2. The molecule has 2 amide bonds. The Balaban J connectivity index is 1.70. The van der Waals surface area contributed by atoms with E-state index in [1.54, 1.807) is 35.1 Å². The molecule has 3 rings (SSSR count). The van der Waals surface area contributed by atoms with Crippen LogP contribution in [0.4, 0.5) is 0 Å². The molecule has 1 fully saturated rings. The summed E-state index contributed by atoms with van der Waals surface area (Å²) in [7, 11) is 3.06. The van der Waals surface area contributed by atoms with Gasteiger partial charge in [-0.05, 0) is 46.9 Å². The number of carbonyl (C=O) groups is 2. The molecule has 0 aliphatic carbocycles. The van der Waals surface area contributed by atoms with Gasteiger partial charge in [-0.15, -0.1) is 0 Å². The molecular weight excluding hydrogens is 459 g/mol. The van der Waals surface area contributed by atoms with Crippen molar-refractivity contribution in [2.45, 2.75) is 0 Å². The third kappa shape index (κ3) is 4.02. The Morgan fingerprint density at radius 2 is 1.37 bits per heavy atom. The van der Waals surface area contributed by atoms with Crippen molar-refractivity contribution in [1.29, 1.82) is 0 Å². The molecule has 0 saturated carbocycles. The van der Waals surface area contributed by atoms with E-state index in [-0.39, 0.29) is 11.8 Å². The fraction of sp³-hybridized carbons (Fsp3) is 0.300. The van der Waals surface area contributed by atoms with Gasteiger partial charge in [-0.25, -0.2) is 0 Å². The molecule has 142 valence electrons. The Bertz CT molecular complexity index is 848. The molecule has 2 aromatic rings. The molecule has 7 heteroatoms. The maximum Gasteiger partial charge on any atom is 0.257 e. The topological polar surface area (TPSA) is 59.1 Å². The highest BCUT2D eigenvalue weighted by molar-refractivity contribution is 14.1. The second-order valence-electron chi connectivity index (χ2n) is 6.11. The van der Waals surface area contributed by atoms with Crippen molar-refractivity contribution in [2.75, 3.05) is 40.4 Å². The molecular formula is C20H21IN2O4. The summed E-state index contributed by atoms with van der Waals surface area (Å²) in [5, 5.41) is 0. The van der Waals surface area contributed by atoms with E-state index in [1.165, 1.54) is 7.11 Å². The lowest BCUT2D eigenvalue weighted by atomic mass is 10.1. The van der Waals surface area contributed by atoms with Crippen LogP contribution in [0.2, 0.25) is 0 Å². The van der Waals surface area contributed by atoms with Crippen molar-refractivity contribution >= 4 is 34.4 Å². The molecule has 1 saturated heterocycles. The van der Waals surface area contributed by atoms with Crippen molar-refractivity contribution in [3.63, 3.8) is 0 Å². The van der Waals surface area contributed by atoms with Gasteiger partial charge in [0.2, 0.25) is 0 Å². The molecule has 0 spiro atoms. The zero-order chi connectivity index (χ0) is 19.4. The highest BCUT2D eigenvalue weighted by Gasteiger charge is 2.28. The molecule has 6 nitrogen and oxygen atoms in total. The van der Waals surface area contributed by atoms with Gasteiger partial charge in [0, 0.05) is 29.7 Å². The predicted molar refractivity (Wildman–Crippen MR) is 111 cm³/mol. The van der Waals surface area contributed by atoms with Crippen LogP contribution in [-0.4, -0.2) is 62.0 Å². The maximum absolute atomic E-state index is 12.9. The number of para-hydroxylation sites is 1. The summed E-state index contributed by atoms with van der Waals surface area (Å²) in [6.07, 6.45) is 0. The van der Waals surface area contributed by atoms with E-state index >= 15 is 0 Å². The fourth-order valence-electron chi connectivity index (χ4n) is 3.14. The second-order valence-corrected chi connectivity index (χ2v) is 7.27. The number of halogens is 1. The largest absolute Gasteiger partial charge is 0.493 e. The normalized spacial score (nSPS) is 14.0. The van der Waals surface area contributed by atoms with Crippen molar-refractivity contribution in [2.24, 2.45) is 0 Å². The van der Waals surface area contributed by atoms with Gasteiger partial charge in [0.05, 0.1) is 25.3 Å². The van der Waals surface area contributed by atoms with E-state index in [1.807, 2.05) is 24.3 Å². The monoisotopic (exact) mass is 480 g/mol. The summed E-state index contributed by atoms with van der Waals surface area (Å²) in [6.45, 7) is 1.96. The maximum atomic E-state index is 12.9. The van der Waals surface area contributed by atoms with Crippen LogP contribution < -0.4 is 9.47 Å². The molecule has 27 heavy (non-hydrogen) atoms. The Morgan fingerprint density at radius 1 is 0.815 bits per heavy atom. The van der Waals surface area contributed by atoms with E-state index in [2.05, 4.69) is 22.6 Å². The predicted octanol–water partition coefficient (Wildman–Crippen LogP) is 2.91. The number of rotatable bonds is 4. The summed E-state index contributed by atoms with van der Waals surface area (Å²) in [5.41, 5.74) is 1.17. The van der Waals surface area contributed by atoms with Gasteiger partial charge >= 0.3 is 0 Å². The van der Waals surface area contributed by atoms with Crippen LogP contribution in [0.1, 0.15) is 20.7 Å². The zero-order valence-electron chi connectivity index (χ0n) is 15.3. The zero-order valence-corrected chi connectivity index (χ0v) is 17.4. The number of carbonyl (C=O) groups excluding carboxylic acids is 2. The lowest BCUT2D eigenvalue weighted by molar-refractivity contribution is 0.0533. The number of hydrogen-bond acceptors (Lipinski definition) is 4. The Morgan fingerprint density at radius 3 is 1.93 bits per heavy atom. The van der Waals surface area contributed by atoms with Gasteiger partial charge in [0.15, 0.2) is 11.5 Å². The standard InChI is InChI=1S/C20H21IN2O4/c1-26-17-9-5-7-15(18(17)27-2)20(25)23-12-10-22(11-13-23)19(24)14-6-3-4-8-16(14)21/h3-9H,10-13H2,1-2H3. The summed E-state index contributed by atoms with van der Waals surface area (Å²) in [4.78, 5) is 29.2. The molecule has 1 aliphatic rings. The van der Waals surface area contributed by atoms with Crippen LogP contribution in [-0.2, 0) is 0 Å². The molecule has 0 unspecified atom stereocenters. The minimum Gasteiger partial charge on any atom is -0.493 e. The molecule has 0 N–H and O–H groups in total. The molecule has 1 heterocycles. The molecule has 0 atom stereocenters. The Hall–Kier alpha value is -2.29. The van der Waals surface area contributed by atoms with Crippen LogP contribution >= 0.6 is 22.6 Å². The molecule has 2 aromatic carbocycles. The van der Waals surface area contributed by atoms with Crippen LogP contribution in [0.3, 0.4) is 0 Å². The summed E-state index contributed by atoms with van der Waals surface area (Å²) >= 11 is 2.17. The number of ether oxygens (including phenoxy) is 2. The minimum atomic E-state index is -0.118. The van der Waals surface area contributed by atoms with Crippen molar-refractivity contribution in [3.05, 3.63) is 57.2 Å². The van der Waals surface area contributed by atoms with Crippen LogP contribution in [0.5, 0.6) is 11.5 Å². The van der Waals surface area contributed by atoms with E-state index < -0.39 is 0 Å². The third-order valence-corrected chi connectivity index (χ3v) is 5.53. The highest BCUT2D eigenvalue weighted by Crippen LogP contribution is 2.31.